The van der Waals surface area contributed by atoms with Gasteiger partial charge in [-0.1, -0.05) is 71.2 Å². The molecular formula is C25H20Cl3N3O. The first kappa shape index (κ1) is 21.3. The Morgan fingerprint density at radius 2 is 1.62 bits per heavy atom. The number of anilines is 1. The third-order valence-electron chi connectivity index (χ3n) is 5.99. The first-order valence-electron chi connectivity index (χ1n) is 10.4. The van der Waals surface area contributed by atoms with Gasteiger partial charge in [-0.15, -0.1) is 0 Å². The summed E-state index contributed by atoms with van der Waals surface area (Å²) in [6.45, 7) is 1.28. The number of hydrogen-bond donors (Lipinski definition) is 0. The molecule has 0 bridgehead atoms. The number of hydrogen-bond acceptors (Lipinski definition) is 3. The molecule has 1 amide bonds. The lowest BCUT2D eigenvalue weighted by atomic mass is 9.98. The van der Waals surface area contributed by atoms with Crippen molar-refractivity contribution < 1.29 is 4.79 Å². The number of carbonyl (C=O) groups excluding carboxylic acids is 1. The number of nitrogens with zero attached hydrogens (tertiary/aromatic N) is 3. The van der Waals surface area contributed by atoms with E-state index in [4.69, 9.17) is 39.9 Å². The van der Waals surface area contributed by atoms with E-state index in [1.807, 2.05) is 52.4 Å². The number of hydrazone groups is 1. The highest BCUT2D eigenvalue weighted by molar-refractivity contribution is 6.40. The van der Waals surface area contributed by atoms with E-state index in [2.05, 4.69) is 12.1 Å². The molecule has 5 rings (SSSR count). The number of fused-ring (bicyclic) bond motifs is 1. The SMILES string of the molecule is O=C(C1=NN(c2ccc(Cl)cc2Cl)C(c2ccc(Cl)cc2)C1)N1CCc2ccccc2C1. The second kappa shape index (κ2) is 8.78. The van der Waals surface area contributed by atoms with Gasteiger partial charge < -0.3 is 4.90 Å². The normalized spacial score (nSPS) is 17.8. The number of halogens is 3. The molecule has 0 spiro atoms. The van der Waals surface area contributed by atoms with Gasteiger partial charge in [0, 0.05) is 29.6 Å². The molecule has 1 atom stereocenters. The summed E-state index contributed by atoms with van der Waals surface area (Å²) in [7, 11) is 0. The van der Waals surface area contributed by atoms with E-state index in [0.717, 1.165) is 12.0 Å². The van der Waals surface area contributed by atoms with Crippen LogP contribution in [0.1, 0.15) is 29.2 Å². The van der Waals surface area contributed by atoms with Crippen LogP contribution in [0.4, 0.5) is 5.69 Å². The lowest BCUT2D eigenvalue weighted by Gasteiger charge is -2.28. The van der Waals surface area contributed by atoms with Crippen LogP contribution in [0.5, 0.6) is 0 Å². The van der Waals surface area contributed by atoms with Crippen molar-refractivity contribution in [3.63, 3.8) is 0 Å². The number of rotatable bonds is 3. The van der Waals surface area contributed by atoms with Gasteiger partial charge in [0.05, 0.1) is 16.8 Å². The van der Waals surface area contributed by atoms with Crippen LogP contribution in [-0.2, 0) is 17.8 Å². The minimum absolute atomic E-state index is 0.0361. The van der Waals surface area contributed by atoms with Crippen LogP contribution in [0.25, 0.3) is 0 Å². The first-order chi connectivity index (χ1) is 15.5. The predicted molar refractivity (Wildman–Crippen MR) is 131 cm³/mol. The second-order valence-corrected chi connectivity index (χ2v) is 9.28. The molecule has 0 aliphatic carbocycles. The summed E-state index contributed by atoms with van der Waals surface area (Å²) in [6.07, 6.45) is 1.33. The van der Waals surface area contributed by atoms with Crippen molar-refractivity contribution in [2.75, 3.05) is 11.6 Å². The molecule has 3 aromatic rings. The van der Waals surface area contributed by atoms with E-state index < -0.39 is 0 Å². The van der Waals surface area contributed by atoms with Crippen LogP contribution in [0.3, 0.4) is 0 Å². The van der Waals surface area contributed by atoms with E-state index in [0.29, 0.717) is 46.0 Å². The van der Waals surface area contributed by atoms with E-state index >= 15 is 0 Å². The maximum atomic E-state index is 13.5. The highest BCUT2D eigenvalue weighted by Gasteiger charge is 2.35. The van der Waals surface area contributed by atoms with Gasteiger partial charge in [0.2, 0.25) is 0 Å². The Balaban J connectivity index is 1.47. The fourth-order valence-electron chi connectivity index (χ4n) is 4.32. The summed E-state index contributed by atoms with van der Waals surface area (Å²) < 4.78 is 0. The molecule has 0 fully saturated rings. The molecule has 2 aliphatic heterocycles. The van der Waals surface area contributed by atoms with Gasteiger partial charge in [0.25, 0.3) is 5.91 Å². The molecule has 4 nitrogen and oxygen atoms in total. The summed E-state index contributed by atoms with van der Waals surface area (Å²) in [5.41, 5.74) is 4.74. The second-order valence-electron chi connectivity index (χ2n) is 8.00. The Morgan fingerprint density at radius 1 is 0.906 bits per heavy atom. The molecule has 0 saturated carbocycles. The van der Waals surface area contributed by atoms with Gasteiger partial charge in [0.15, 0.2) is 0 Å². The van der Waals surface area contributed by atoms with Crippen molar-refractivity contribution in [1.82, 2.24) is 4.90 Å². The Labute approximate surface area is 202 Å². The molecule has 2 aliphatic rings. The number of benzene rings is 3. The van der Waals surface area contributed by atoms with Gasteiger partial charge in [-0.05, 0) is 53.4 Å². The van der Waals surface area contributed by atoms with Crippen molar-refractivity contribution in [3.8, 4) is 0 Å². The summed E-state index contributed by atoms with van der Waals surface area (Å²) in [4.78, 5) is 15.3. The van der Waals surface area contributed by atoms with Crippen molar-refractivity contribution >= 4 is 52.1 Å². The maximum absolute atomic E-state index is 13.5. The van der Waals surface area contributed by atoms with Crippen LogP contribution >= 0.6 is 34.8 Å². The molecule has 3 aromatic carbocycles. The smallest absolute Gasteiger partial charge is 0.270 e. The van der Waals surface area contributed by atoms with E-state index in [1.54, 1.807) is 12.1 Å². The fourth-order valence-corrected chi connectivity index (χ4v) is 4.95. The molecular weight excluding hydrogens is 465 g/mol. The Morgan fingerprint density at radius 3 is 2.38 bits per heavy atom. The summed E-state index contributed by atoms with van der Waals surface area (Å²) in [5, 5.41) is 8.28. The van der Waals surface area contributed by atoms with E-state index in [-0.39, 0.29) is 11.9 Å². The summed E-state index contributed by atoms with van der Waals surface area (Å²) in [6, 6.07) is 21.0. The lowest BCUT2D eigenvalue weighted by Crippen LogP contribution is -2.39. The molecule has 32 heavy (non-hydrogen) atoms. The minimum Gasteiger partial charge on any atom is -0.333 e. The lowest BCUT2D eigenvalue weighted by molar-refractivity contribution is -0.125. The zero-order valence-corrected chi connectivity index (χ0v) is 19.4. The monoisotopic (exact) mass is 483 g/mol. The largest absolute Gasteiger partial charge is 0.333 e. The molecule has 0 saturated heterocycles. The predicted octanol–water partition coefficient (Wildman–Crippen LogP) is 6.54. The molecule has 0 radical (unpaired) electrons. The van der Waals surface area contributed by atoms with Crippen molar-refractivity contribution in [2.24, 2.45) is 5.10 Å². The molecule has 1 unspecified atom stereocenters. The van der Waals surface area contributed by atoms with Gasteiger partial charge >= 0.3 is 0 Å². The van der Waals surface area contributed by atoms with Gasteiger partial charge in [0.1, 0.15) is 5.71 Å². The first-order valence-corrected chi connectivity index (χ1v) is 11.6. The number of carbonyl (C=O) groups is 1. The average molecular weight is 485 g/mol. The van der Waals surface area contributed by atoms with Crippen LogP contribution in [-0.4, -0.2) is 23.1 Å². The summed E-state index contributed by atoms with van der Waals surface area (Å²) >= 11 is 18.7. The van der Waals surface area contributed by atoms with Crippen molar-refractivity contribution in [3.05, 3.63) is 98.5 Å². The van der Waals surface area contributed by atoms with Gasteiger partial charge in [-0.25, -0.2) is 0 Å². The minimum atomic E-state index is -0.165. The fraction of sp³-hybridized carbons (Fsp3) is 0.200. The molecule has 2 heterocycles. The van der Waals surface area contributed by atoms with Crippen LogP contribution in [0, 0.1) is 0 Å². The summed E-state index contributed by atoms with van der Waals surface area (Å²) in [5.74, 6) is -0.0361. The average Bonchev–Trinajstić information content (AvgIpc) is 3.24. The third-order valence-corrected chi connectivity index (χ3v) is 6.78. The topological polar surface area (TPSA) is 35.9 Å². The Hall–Kier alpha value is -2.53. The zero-order chi connectivity index (χ0) is 22.2. The van der Waals surface area contributed by atoms with Crippen LogP contribution in [0.2, 0.25) is 15.1 Å². The van der Waals surface area contributed by atoms with Crippen LogP contribution < -0.4 is 5.01 Å². The molecule has 162 valence electrons. The van der Waals surface area contributed by atoms with Gasteiger partial charge in [-0.2, -0.15) is 5.10 Å². The Kier molecular flexibility index (Phi) is 5.85. The quantitative estimate of drug-likeness (QED) is 0.423. The van der Waals surface area contributed by atoms with Gasteiger partial charge in [-0.3, -0.25) is 9.80 Å². The molecule has 7 heteroatoms. The van der Waals surface area contributed by atoms with Crippen molar-refractivity contribution in [2.45, 2.75) is 25.4 Å². The molecule has 0 aromatic heterocycles. The molecule has 0 N–H and O–H groups in total. The standard InChI is InChI=1S/C25H20Cl3N3O/c26-19-7-5-17(6-8-19)24-14-22(29-31(24)23-10-9-20(27)13-21(23)28)25(32)30-12-11-16-3-1-2-4-18(16)15-30/h1-10,13,24H,11-12,14-15H2. The third kappa shape index (κ3) is 4.11. The zero-order valence-electron chi connectivity index (χ0n) is 17.1. The van der Waals surface area contributed by atoms with Crippen molar-refractivity contribution in [1.29, 1.82) is 0 Å². The van der Waals surface area contributed by atoms with Crippen LogP contribution in [0.15, 0.2) is 71.8 Å². The Bertz CT molecular complexity index is 1210. The maximum Gasteiger partial charge on any atom is 0.270 e. The number of amides is 1. The highest BCUT2D eigenvalue weighted by atomic mass is 35.5. The highest BCUT2D eigenvalue weighted by Crippen LogP contribution is 2.40. The van der Waals surface area contributed by atoms with E-state index in [1.165, 1.54) is 11.1 Å². The van der Waals surface area contributed by atoms with E-state index in [9.17, 15) is 4.79 Å².